The van der Waals surface area contributed by atoms with Crippen LogP contribution in [0.4, 0.5) is 0 Å². The van der Waals surface area contributed by atoms with Gasteiger partial charge in [0, 0.05) is 32.0 Å². The molecule has 1 aliphatic carbocycles. The van der Waals surface area contributed by atoms with Crippen molar-refractivity contribution in [2.24, 2.45) is 5.92 Å². The Labute approximate surface area is 164 Å². The molecule has 0 radical (unpaired) electrons. The van der Waals surface area contributed by atoms with Crippen molar-refractivity contribution in [3.63, 3.8) is 0 Å². The number of hydrogen-bond donors (Lipinski definition) is 3. The summed E-state index contributed by atoms with van der Waals surface area (Å²) in [6.07, 6.45) is 1.93. The lowest BCUT2D eigenvalue weighted by atomic mass is 9.83. The molecule has 0 spiro atoms. The summed E-state index contributed by atoms with van der Waals surface area (Å²) in [5.74, 6) is -0.223. The van der Waals surface area contributed by atoms with Crippen molar-refractivity contribution < 1.29 is 19.4 Å². The highest BCUT2D eigenvalue weighted by Gasteiger charge is 2.35. The summed E-state index contributed by atoms with van der Waals surface area (Å²) in [6, 6.07) is 7.55. The molecule has 3 atom stereocenters. The van der Waals surface area contributed by atoms with Crippen LogP contribution in [0.15, 0.2) is 24.3 Å². The number of carbonyl (C=O) groups excluding carboxylic acids is 2. The number of benzene rings is 1. The molecule has 28 heavy (non-hydrogen) atoms. The first-order valence-electron chi connectivity index (χ1n) is 9.63. The van der Waals surface area contributed by atoms with Crippen molar-refractivity contribution in [2.75, 3.05) is 27.3 Å². The van der Waals surface area contributed by atoms with Crippen molar-refractivity contribution in [3.8, 4) is 0 Å². The Morgan fingerprint density at radius 1 is 1.36 bits per heavy atom. The molecule has 3 N–H and O–H groups in total. The van der Waals surface area contributed by atoms with Crippen LogP contribution in [0.3, 0.4) is 0 Å². The van der Waals surface area contributed by atoms with E-state index in [4.69, 9.17) is 9.84 Å². The molecule has 1 heterocycles. The van der Waals surface area contributed by atoms with E-state index in [2.05, 4.69) is 15.5 Å². The summed E-state index contributed by atoms with van der Waals surface area (Å²) in [7, 11) is 3.31. The number of aromatic nitrogens is 2. The second-order valence-electron chi connectivity index (χ2n) is 7.34. The molecule has 3 rings (SSSR count). The molecule has 8 nitrogen and oxygen atoms in total. The lowest BCUT2D eigenvalue weighted by Crippen LogP contribution is -2.50. The molecule has 0 bridgehead atoms. The van der Waals surface area contributed by atoms with Gasteiger partial charge in [-0.25, -0.2) is 0 Å². The minimum atomic E-state index is -0.215. The van der Waals surface area contributed by atoms with Crippen LogP contribution in [0.5, 0.6) is 0 Å². The Balaban J connectivity index is 1.58. The van der Waals surface area contributed by atoms with Gasteiger partial charge in [0.25, 0.3) is 0 Å². The van der Waals surface area contributed by atoms with Crippen LogP contribution in [-0.4, -0.2) is 71.5 Å². The van der Waals surface area contributed by atoms with E-state index < -0.39 is 0 Å². The predicted molar refractivity (Wildman–Crippen MR) is 105 cm³/mol. The lowest BCUT2D eigenvalue weighted by molar-refractivity contribution is -0.138. The lowest BCUT2D eigenvalue weighted by Gasteiger charge is -2.36. The maximum atomic E-state index is 12.6. The highest BCUT2D eigenvalue weighted by atomic mass is 16.5. The molecule has 152 valence electrons. The Morgan fingerprint density at radius 3 is 2.89 bits per heavy atom. The van der Waals surface area contributed by atoms with E-state index in [9.17, 15) is 9.59 Å². The van der Waals surface area contributed by atoms with Crippen LogP contribution in [0, 0.1) is 5.92 Å². The van der Waals surface area contributed by atoms with Gasteiger partial charge in [-0.05, 0) is 25.3 Å². The third kappa shape index (κ3) is 4.51. The first-order chi connectivity index (χ1) is 13.5. The zero-order chi connectivity index (χ0) is 20.1. The van der Waals surface area contributed by atoms with Crippen molar-refractivity contribution in [1.82, 2.24) is 20.4 Å². The number of nitrogens with zero attached hydrogens (tertiary/aromatic N) is 2. The number of aromatic amines is 1. The molecule has 8 heteroatoms. The van der Waals surface area contributed by atoms with E-state index in [1.807, 2.05) is 24.3 Å². The Bertz CT molecular complexity index is 821. The van der Waals surface area contributed by atoms with Crippen LogP contribution in [0.2, 0.25) is 0 Å². The largest absolute Gasteiger partial charge is 0.395 e. The number of H-pyrrole nitrogens is 1. The number of aliphatic hydroxyl groups excluding tert-OH is 1. The van der Waals surface area contributed by atoms with Gasteiger partial charge in [-0.1, -0.05) is 18.2 Å². The average Bonchev–Trinajstić information content (AvgIpc) is 3.10. The number of rotatable bonds is 7. The number of methoxy groups -OCH3 is 1. The van der Waals surface area contributed by atoms with Gasteiger partial charge in [-0.3, -0.25) is 14.7 Å². The van der Waals surface area contributed by atoms with Gasteiger partial charge in [0.1, 0.15) is 0 Å². The maximum Gasteiger partial charge on any atom is 0.226 e. The number of likely N-dealkylation sites (N-methyl/N-ethyl adjacent to an activating group) is 1. The molecule has 1 aromatic heterocycles. The van der Waals surface area contributed by atoms with Crippen molar-refractivity contribution in [1.29, 1.82) is 0 Å². The monoisotopic (exact) mass is 388 g/mol. The number of fused-ring (bicyclic) bond motifs is 1. The normalized spacial score (nSPS) is 22.2. The van der Waals surface area contributed by atoms with Gasteiger partial charge >= 0.3 is 0 Å². The first kappa shape index (κ1) is 20.3. The zero-order valence-electron chi connectivity index (χ0n) is 16.4. The van der Waals surface area contributed by atoms with Gasteiger partial charge in [0.2, 0.25) is 11.8 Å². The summed E-state index contributed by atoms with van der Waals surface area (Å²) < 4.78 is 5.58. The number of ether oxygens (including phenoxy) is 1. The summed E-state index contributed by atoms with van der Waals surface area (Å²) >= 11 is 0. The predicted octanol–water partition coefficient (Wildman–Crippen LogP) is 0.856. The molecule has 1 aromatic carbocycles. The Morgan fingerprint density at radius 2 is 2.14 bits per heavy atom. The third-order valence-electron chi connectivity index (χ3n) is 5.48. The van der Waals surface area contributed by atoms with E-state index in [0.717, 1.165) is 16.6 Å². The molecule has 0 aliphatic heterocycles. The van der Waals surface area contributed by atoms with Crippen molar-refractivity contribution in [3.05, 3.63) is 30.0 Å². The summed E-state index contributed by atoms with van der Waals surface area (Å²) in [6.45, 7) is 0.273. The van der Waals surface area contributed by atoms with Gasteiger partial charge in [0.15, 0.2) is 0 Å². The smallest absolute Gasteiger partial charge is 0.226 e. The fourth-order valence-electron chi connectivity index (χ4n) is 3.92. The molecular weight excluding hydrogens is 360 g/mol. The van der Waals surface area contributed by atoms with Crippen molar-refractivity contribution >= 4 is 22.7 Å². The second kappa shape index (κ2) is 9.16. The third-order valence-corrected chi connectivity index (χ3v) is 5.48. The van der Waals surface area contributed by atoms with Crippen LogP contribution in [0.25, 0.3) is 10.9 Å². The number of aliphatic hydroxyl groups is 1. The molecule has 1 fully saturated rings. The molecule has 2 amide bonds. The van der Waals surface area contributed by atoms with E-state index in [0.29, 0.717) is 25.8 Å². The van der Waals surface area contributed by atoms with Gasteiger partial charge in [-0.15, -0.1) is 0 Å². The number of amides is 2. The fourth-order valence-corrected chi connectivity index (χ4v) is 3.92. The van der Waals surface area contributed by atoms with Crippen LogP contribution < -0.4 is 5.32 Å². The van der Waals surface area contributed by atoms with Crippen LogP contribution >= 0.6 is 0 Å². The number of hydrogen-bond acceptors (Lipinski definition) is 5. The maximum absolute atomic E-state index is 12.6. The SMILES string of the molecule is CO[C@@H]1C[C@@H](C(=O)N(C)CCO)CC[C@H]1NC(=O)Cc1[nH]nc2ccccc12. The molecule has 0 saturated heterocycles. The van der Waals surface area contributed by atoms with Gasteiger partial charge < -0.3 is 20.1 Å². The molecule has 2 aromatic rings. The van der Waals surface area contributed by atoms with Gasteiger partial charge in [0.05, 0.1) is 36.4 Å². The highest BCUT2D eigenvalue weighted by molar-refractivity contribution is 5.87. The highest BCUT2D eigenvalue weighted by Crippen LogP contribution is 2.28. The number of nitrogens with one attached hydrogen (secondary N) is 2. The average molecular weight is 388 g/mol. The van der Waals surface area contributed by atoms with Crippen LogP contribution in [-0.2, 0) is 20.7 Å². The minimum absolute atomic E-state index is 0.0183. The summed E-state index contributed by atoms with van der Waals surface area (Å²) in [4.78, 5) is 26.6. The quantitative estimate of drug-likeness (QED) is 0.652. The standard InChI is InChI=1S/C20H28N4O4/c1-24(9-10-25)20(27)13-7-8-16(18(11-13)28-2)21-19(26)12-17-14-5-3-4-6-15(14)22-23-17/h3-6,13,16,18,25H,7-12H2,1-2H3,(H,21,26)(H,22,23)/t13-,16+,18+/m0/s1. The first-order valence-corrected chi connectivity index (χ1v) is 9.63. The Hall–Kier alpha value is -2.45. The topological polar surface area (TPSA) is 108 Å². The van der Waals surface area contributed by atoms with E-state index >= 15 is 0 Å². The fraction of sp³-hybridized carbons (Fsp3) is 0.550. The summed E-state index contributed by atoms with van der Waals surface area (Å²) in [5, 5.41) is 20.2. The van der Waals surface area contributed by atoms with E-state index in [-0.39, 0.29) is 42.9 Å². The zero-order valence-corrected chi connectivity index (χ0v) is 16.4. The minimum Gasteiger partial charge on any atom is -0.395 e. The van der Waals surface area contributed by atoms with E-state index in [1.54, 1.807) is 19.1 Å². The molecular formula is C20H28N4O4. The number of para-hydroxylation sites is 1. The Kier molecular flexibility index (Phi) is 6.64. The second-order valence-corrected chi connectivity index (χ2v) is 7.34. The molecule has 0 unspecified atom stereocenters. The number of carbonyl (C=O) groups is 2. The van der Waals surface area contributed by atoms with Crippen molar-refractivity contribution in [2.45, 2.75) is 37.8 Å². The van der Waals surface area contributed by atoms with Crippen LogP contribution in [0.1, 0.15) is 25.0 Å². The molecule has 1 saturated carbocycles. The van der Waals surface area contributed by atoms with E-state index in [1.165, 1.54) is 0 Å². The summed E-state index contributed by atoms with van der Waals surface area (Å²) in [5.41, 5.74) is 1.63. The molecule has 1 aliphatic rings. The van der Waals surface area contributed by atoms with Gasteiger partial charge in [-0.2, -0.15) is 5.10 Å².